The number of rotatable bonds is 13. The van der Waals surface area contributed by atoms with Gasteiger partial charge in [-0.2, -0.15) is 0 Å². The predicted molar refractivity (Wildman–Crippen MR) is 214 cm³/mol. The van der Waals surface area contributed by atoms with Crippen LogP contribution in [0.3, 0.4) is 0 Å². The summed E-state index contributed by atoms with van der Waals surface area (Å²) in [5, 5.41) is 46.3. The number of fused-ring (bicyclic) bond motifs is 2. The van der Waals surface area contributed by atoms with Crippen molar-refractivity contribution in [1.29, 1.82) is 0 Å². The van der Waals surface area contributed by atoms with E-state index in [-0.39, 0.29) is 36.4 Å². The van der Waals surface area contributed by atoms with Crippen molar-refractivity contribution in [3.05, 3.63) is 94.5 Å². The maximum Gasteiger partial charge on any atom is 0.128 e. The molecule has 0 saturated heterocycles. The zero-order chi connectivity index (χ0) is 38.8. The molecule has 2 aliphatic carbocycles. The minimum atomic E-state index is -0.987. The summed E-state index contributed by atoms with van der Waals surface area (Å²) < 4.78 is 31.7. The minimum Gasteiger partial charge on any atom is -0.508 e. The summed E-state index contributed by atoms with van der Waals surface area (Å²) >= 11 is 0. The first-order chi connectivity index (χ1) is 27.3. The molecule has 0 spiro atoms. The van der Waals surface area contributed by atoms with Crippen LogP contribution in [0.15, 0.2) is 66.7 Å². The SMILES string of the molecule is CCc1cc(-c2cccc(O)c2)c(Cc2cc(OC3CCCC3)cc3c2OCC(C2C(CCCOC)Oc4ccc(OC5CCCC5)cc4C2O)C3O)cc1O. The number of hydrogen-bond acceptors (Lipinski definition) is 9. The molecule has 2 aliphatic heterocycles. The standard InChI is InChI=1S/C47H56O9/c1-3-28-23-37(29-10-8-11-32(48)21-29)30(24-41(28)49)20-31-22-36(55-34-14-6-7-15-34)26-39-45(50)40(27-53-47(31)39)44-43(16-9-19-52-2)56-42-18-17-35(25-38(42)46(44)51)54-33-12-4-5-13-33/h8,10-11,17-18,21-26,33-34,40,43-46,48-51H,3-7,9,12-16,19-20,27H2,1-2H3. The largest absolute Gasteiger partial charge is 0.508 e. The van der Waals surface area contributed by atoms with Gasteiger partial charge in [0.05, 0.1) is 31.0 Å². The second-order valence-corrected chi connectivity index (χ2v) is 16.2. The van der Waals surface area contributed by atoms with Crippen LogP contribution in [0, 0.1) is 11.8 Å². The van der Waals surface area contributed by atoms with Crippen LogP contribution < -0.4 is 18.9 Å². The quantitative estimate of drug-likeness (QED) is 0.0987. The average Bonchev–Trinajstić information content (AvgIpc) is 3.91. The van der Waals surface area contributed by atoms with Gasteiger partial charge in [0, 0.05) is 48.7 Å². The van der Waals surface area contributed by atoms with Crippen molar-refractivity contribution in [1.82, 2.24) is 0 Å². The number of aromatic hydroxyl groups is 2. The normalized spacial score (nSPS) is 23.6. The Labute approximate surface area is 330 Å². The molecular weight excluding hydrogens is 709 g/mol. The van der Waals surface area contributed by atoms with Gasteiger partial charge in [0.15, 0.2) is 0 Å². The molecule has 2 saturated carbocycles. The van der Waals surface area contributed by atoms with Crippen LogP contribution >= 0.6 is 0 Å². The molecule has 4 aromatic carbocycles. The molecule has 9 nitrogen and oxygen atoms in total. The Kier molecular flexibility index (Phi) is 11.6. The number of phenols is 2. The molecule has 4 aliphatic rings. The number of aryl methyl sites for hydroxylation is 1. The summed E-state index contributed by atoms with van der Waals surface area (Å²) in [4.78, 5) is 0. The number of methoxy groups -OCH3 is 1. The summed E-state index contributed by atoms with van der Waals surface area (Å²) in [6.07, 6.45) is 8.94. The van der Waals surface area contributed by atoms with Crippen LogP contribution in [0.1, 0.15) is 111 Å². The van der Waals surface area contributed by atoms with Crippen LogP contribution in [0.2, 0.25) is 0 Å². The van der Waals surface area contributed by atoms with E-state index >= 15 is 0 Å². The highest BCUT2D eigenvalue weighted by atomic mass is 16.5. The van der Waals surface area contributed by atoms with E-state index in [0.29, 0.717) is 54.2 Å². The lowest BCUT2D eigenvalue weighted by Crippen LogP contribution is -2.46. The molecular formula is C47H56O9. The summed E-state index contributed by atoms with van der Waals surface area (Å²) in [5.41, 5.74) is 5.52. The lowest BCUT2D eigenvalue weighted by molar-refractivity contribution is -0.0890. The number of benzene rings is 4. The van der Waals surface area contributed by atoms with E-state index < -0.39 is 24.0 Å². The van der Waals surface area contributed by atoms with Gasteiger partial charge in [0.2, 0.25) is 0 Å². The lowest BCUT2D eigenvalue weighted by Gasteiger charge is -2.45. The van der Waals surface area contributed by atoms with Crippen molar-refractivity contribution in [2.75, 3.05) is 20.3 Å². The first-order valence-corrected chi connectivity index (χ1v) is 20.7. The van der Waals surface area contributed by atoms with Gasteiger partial charge in [-0.15, -0.1) is 0 Å². The van der Waals surface area contributed by atoms with Gasteiger partial charge in [0.1, 0.15) is 40.6 Å². The molecule has 0 bridgehead atoms. The number of hydrogen-bond donors (Lipinski definition) is 4. The summed E-state index contributed by atoms with van der Waals surface area (Å²) in [5.74, 6) is 2.00. The second kappa shape index (κ2) is 17.0. The molecule has 5 unspecified atom stereocenters. The van der Waals surface area contributed by atoms with Crippen LogP contribution in [0.5, 0.6) is 34.5 Å². The maximum atomic E-state index is 12.5. The minimum absolute atomic E-state index is 0.0879. The molecule has 4 aromatic rings. The lowest BCUT2D eigenvalue weighted by atomic mass is 9.72. The second-order valence-electron chi connectivity index (χ2n) is 16.2. The fourth-order valence-electron chi connectivity index (χ4n) is 9.53. The van der Waals surface area contributed by atoms with Gasteiger partial charge in [-0.05, 0) is 147 Å². The fraction of sp³-hybridized carbons (Fsp3) is 0.489. The van der Waals surface area contributed by atoms with E-state index in [1.54, 1.807) is 25.3 Å². The van der Waals surface area contributed by atoms with Crippen molar-refractivity contribution in [3.63, 3.8) is 0 Å². The van der Waals surface area contributed by atoms with Crippen LogP contribution in [-0.2, 0) is 17.6 Å². The van der Waals surface area contributed by atoms with Crippen molar-refractivity contribution >= 4 is 0 Å². The van der Waals surface area contributed by atoms with Gasteiger partial charge in [-0.1, -0.05) is 19.1 Å². The molecule has 0 amide bonds. The highest BCUT2D eigenvalue weighted by Crippen LogP contribution is 2.52. The summed E-state index contributed by atoms with van der Waals surface area (Å²) in [7, 11) is 1.68. The van der Waals surface area contributed by atoms with Crippen molar-refractivity contribution in [3.8, 4) is 45.6 Å². The molecule has 56 heavy (non-hydrogen) atoms. The van der Waals surface area contributed by atoms with E-state index in [2.05, 4.69) is 0 Å². The molecule has 0 radical (unpaired) electrons. The molecule has 0 aromatic heterocycles. The van der Waals surface area contributed by atoms with Crippen molar-refractivity contribution < 1.29 is 44.1 Å². The van der Waals surface area contributed by atoms with Crippen molar-refractivity contribution in [2.24, 2.45) is 11.8 Å². The average molecular weight is 765 g/mol. The molecule has 2 heterocycles. The number of aliphatic hydroxyl groups excluding tert-OH is 2. The molecule has 8 rings (SSSR count). The first kappa shape index (κ1) is 38.4. The van der Waals surface area contributed by atoms with Crippen LogP contribution in [-0.4, -0.2) is 59.1 Å². The Bertz CT molecular complexity index is 1980. The van der Waals surface area contributed by atoms with Crippen LogP contribution in [0.4, 0.5) is 0 Å². The summed E-state index contributed by atoms with van der Waals surface area (Å²) in [6.45, 7) is 2.73. The third kappa shape index (κ3) is 8.04. The zero-order valence-corrected chi connectivity index (χ0v) is 32.6. The molecule has 4 N–H and O–H groups in total. The van der Waals surface area contributed by atoms with E-state index in [0.717, 1.165) is 91.4 Å². The number of phenolic OH excluding ortho intramolecular Hbond substituents is 2. The number of ether oxygens (including phenoxy) is 5. The topological polar surface area (TPSA) is 127 Å². The van der Waals surface area contributed by atoms with Gasteiger partial charge in [-0.25, -0.2) is 0 Å². The van der Waals surface area contributed by atoms with Gasteiger partial charge in [0.25, 0.3) is 0 Å². The zero-order valence-electron chi connectivity index (χ0n) is 32.6. The Hall–Kier alpha value is -4.44. The summed E-state index contributed by atoms with van der Waals surface area (Å²) in [6, 6.07) is 20.6. The predicted octanol–water partition coefficient (Wildman–Crippen LogP) is 9.14. The monoisotopic (exact) mass is 764 g/mol. The molecule has 5 atom stereocenters. The maximum absolute atomic E-state index is 12.5. The van der Waals surface area contributed by atoms with Gasteiger partial charge >= 0.3 is 0 Å². The Balaban J connectivity index is 1.16. The van der Waals surface area contributed by atoms with E-state index in [1.165, 1.54) is 0 Å². The molecule has 2 fully saturated rings. The Morgan fingerprint density at radius 2 is 1.48 bits per heavy atom. The molecule has 9 heteroatoms. The van der Waals surface area contributed by atoms with Crippen molar-refractivity contribution in [2.45, 2.75) is 114 Å². The van der Waals surface area contributed by atoms with Gasteiger partial charge < -0.3 is 44.1 Å². The van der Waals surface area contributed by atoms with E-state index in [9.17, 15) is 20.4 Å². The smallest absolute Gasteiger partial charge is 0.128 e. The third-order valence-electron chi connectivity index (χ3n) is 12.4. The van der Waals surface area contributed by atoms with E-state index in [1.807, 2.05) is 55.5 Å². The van der Waals surface area contributed by atoms with Crippen LogP contribution in [0.25, 0.3) is 11.1 Å². The number of aliphatic hydroxyl groups is 2. The Morgan fingerprint density at radius 1 is 0.750 bits per heavy atom. The highest BCUT2D eigenvalue weighted by Gasteiger charge is 2.47. The highest BCUT2D eigenvalue weighted by molar-refractivity contribution is 5.72. The van der Waals surface area contributed by atoms with Gasteiger partial charge in [-0.3, -0.25) is 0 Å². The molecule has 298 valence electrons. The third-order valence-corrected chi connectivity index (χ3v) is 12.4. The first-order valence-electron chi connectivity index (χ1n) is 20.7. The fourth-order valence-corrected chi connectivity index (χ4v) is 9.53. The van der Waals surface area contributed by atoms with E-state index in [4.69, 9.17) is 23.7 Å². The Morgan fingerprint density at radius 3 is 2.20 bits per heavy atom.